The largest absolute Gasteiger partial charge is 0.442 e. The average molecular weight is 364 g/mol. The monoisotopic (exact) mass is 363 g/mol. The molecular weight excluding hydrogens is 354 g/mol. The van der Waals surface area contributed by atoms with Crippen LogP contribution in [0.4, 0.5) is 5.69 Å². The maximum Gasteiger partial charge on any atom is 0.348 e. The molecule has 0 aliphatic heterocycles. The molecule has 25 heavy (non-hydrogen) atoms. The van der Waals surface area contributed by atoms with Gasteiger partial charge in [0.25, 0.3) is 11.2 Å². The number of aromatic nitrogens is 2. The van der Waals surface area contributed by atoms with Crippen LogP contribution in [0.2, 0.25) is 5.02 Å². The highest BCUT2D eigenvalue weighted by atomic mass is 35.5. The third-order valence-corrected chi connectivity index (χ3v) is 3.78. The summed E-state index contributed by atoms with van der Waals surface area (Å²) in [4.78, 5) is 38.8. The predicted molar refractivity (Wildman–Crippen MR) is 87.1 cm³/mol. The van der Waals surface area contributed by atoms with Crippen LogP contribution in [0.15, 0.2) is 33.7 Å². The van der Waals surface area contributed by atoms with Gasteiger partial charge in [-0.2, -0.15) is 0 Å². The lowest BCUT2D eigenvalue weighted by Crippen LogP contribution is -2.19. The van der Waals surface area contributed by atoms with Crippen LogP contribution < -0.4 is 10.3 Å². The average Bonchev–Trinajstić information content (AvgIpc) is 2.87. The van der Waals surface area contributed by atoms with Gasteiger partial charge < -0.3 is 13.7 Å². The molecule has 0 bridgehead atoms. The molecule has 0 atom stereocenters. The molecule has 0 unspecified atom stereocenters. The van der Waals surface area contributed by atoms with Crippen LogP contribution in [-0.4, -0.2) is 20.4 Å². The molecule has 0 aliphatic rings. The number of nitro groups is 1. The zero-order chi connectivity index (χ0) is 18.3. The van der Waals surface area contributed by atoms with Crippen molar-refractivity contribution in [2.45, 2.75) is 6.92 Å². The lowest BCUT2D eigenvalue weighted by atomic mass is 10.2. The van der Waals surface area contributed by atoms with Crippen molar-refractivity contribution in [3.8, 4) is 5.75 Å². The fourth-order valence-electron chi connectivity index (χ4n) is 2.29. The molecule has 2 aromatic heterocycles. The van der Waals surface area contributed by atoms with Gasteiger partial charge in [-0.05, 0) is 13.0 Å². The molecule has 0 N–H and O–H groups in total. The molecule has 0 radical (unpaired) electrons. The van der Waals surface area contributed by atoms with Crippen LogP contribution in [0.3, 0.4) is 0 Å². The highest BCUT2D eigenvalue weighted by Gasteiger charge is 2.24. The number of benzene rings is 1. The second-order valence-corrected chi connectivity index (χ2v) is 5.54. The van der Waals surface area contributed by atoms with Crippen molar-refractivity contribution in [1.29, 1.82) is 0 Å². The molecule has 0 fully saturated rings. The summed E-state index contributed by atoms with van der Waals surface area (Å²) in [6.07, 6.45) is 1.28. The van der Waals surface area contributed by atoms with Crippen molar-refractivity contribution in [2.24, 2.45) is 7.05 Å². The SMILES string of the molecule is Cc1oc2ncn(C)c(=O)c2c1C(=O)Oc1ccc([N+](=O)[O-])c(Cl)c1. The van der Waals surface area contributed by atoms with E-state index in [2.05, 4.69) is 4.98 Å². The summed E-state index contributed by atoms with van der Waals surface area (Å²) in [5.74, 6) is -0.690. The third kappa shape index (κ3) is 2.85. The van der Waals surface area contributed by atoms with E-state index >= 15 is 0 Å². The van der Waals surface area contributed by atoms with E-state index in [0.717, 1.165) is 12.1 Å². The molecule has 10 heteroatoms. The van der Waals surface area contributed by atoms with E-state index in [9.17, 15) is 19.7 Å². The minimum absolute atomic E-state index is 0.000471. The number of hydrogen-bond donors (Lipinski definition) is 0. The van der Waals surface area contributed by atoms with Crippen LogP contribution >= 0.6 is 11.6 Å². The molecule has 0 aliphatic carbocycles. The second-order valence-electron chi connectivity index (χ2n) is 5.13. The second kappa shape index (κ2) is 6.02. The summed E-state index contributed by atoms with van der Waals surface area (Å²) in [6.45, 7) is 1.50. The van der Waals surface area contributed by atoms with Gasteiger partial charge in [0.2, 0.25) is 5.71 Å². The molecule has 3 aromatic rings. The number of rotatable bonds is 3. The van der Waals surface area contributed by atoms with Crippen molar-refractivity contribution < 1.29 is 18.9 Å². The maximum atomic E-state index is 12.5. The molecule has 128 valence electrons. The number of carbonyl (C=O) groups is 1. The van der Waals surface area contributed by atoms with Crippen molar-refractivity contribution in [1.82, 2.24) is 9.55 Å². The van der Waals surface area contributed by atoms with Crippen LogP contribution in [0.25, 0.3) is 11.1 Å². The number of halogens is 1. The number of furan rings is 1. The summed E-state index contributed by atoms with van der Waals surface area (Å²) in [7, 11) is 1.49. The van der Waals surface area contributed by atoms with Crippen molar-refractivity contribution in [3.05, 3.63) is 61.3 Å². The number of nitro benzene ring substituents is 1. The molecule has 9 nitrogen and oxygen atoms in total. The number of aryl methyl sites for hydroxylation is 2. The lowest BCUT2D eigenvalue weighted by molar-refractivity contribution is -0.384. The lowest BCUT2D eigenvalue weighted by Gasteiger charge is -2.04. The Bertz CT molecular complexity index is 1080. The molecular formula is C15H10ClN3O6. The first kappa shape index (κ1) is 16.7. The van der Waals surface area contributed by atoms with E-state index in [-0.39, 0.29) is 38.9 Å². The predicted octanol–water partition coefficient (Wildman–Crippen LogP) is 2.62. The number of ether oxygens (including phenoxy) is 1. The molecule has 2 heterocycles. The van der Waals surface area contributed by atoms with Crippen LogP contribution in [0.5, 0.6) is 5.75 Å². The van der Waals surface area contributed by atoms with E-state index in [1.54, 1.807) is 0 Å². The van der Waals surface area contributed by atoms with Gasteiger partial charge in [-0.1, -0.05) is 11.6 Å². The molecule has 1 aromatic carbocycles. The van der Waals surface area contributed by atoms with Gasteiger partial charge in [0.15, 0.2) is 0 Å². The molecule has 0 saturated carbocycles. The standard InChI is InChI=1S/C15H10ClN3O6/c1-7-11(12-13(24-7)17-6-18(2)14(12)20)15(21)25-8-3-4-10(19(22)23)9(16)5-8/h3-6H,1-2H3. The summed E-state index contributed by atoms with van der Waals surface area (Å²) < 4.78 is 11.7. The first-order chi connectivity index (χ1) is 11.8. The van der Waals surface area contributed by atoms with Gasteiger partial charge in [0.05, 0.1) is 4.92 Å². The van der Waals surface area contributed by atoms with Crippen molar-refractivity contribution >= 4 is 34.4 Å². The maximum absolute atomic E-state index is 12.5. The normalized spacial score (nSPS) is 10.8. The summed E-state index contributed by atoms with van der Waals surface area (Å²) in [5.41, 5.74) is -0.813. The Morgan fingerprint density at radius 1 is 1.44 bits per heavy atom. The van der Waals surface area contributed by atoms with E-state index in [4.69, 9.17) is 20.8 Å². The number of nitrogens with zero attached hydrogens (tertiary/aromatic N) is 3. The quantitative estimate of drug-likeness (QED) is 0.304. The Balaban J connectivity index is 2.02. The van der Waals surface area contributed by atoms with Gasteiger partial charge in [-0.25, -0.2) is 9.78 Å². The zero-order valence-electron chi connectivity index (χ0n) is 13.0. The molecule has 0 spiro atoms. The van der Waals surface area contributed by atoms with Gasteiger partial charge in [-0.15, -0.1) is 0 Å². The molecule has 3 rings (SSSR count). The summed E-state index contributed by atoms with van der Waals surface area (Å²) in [5, 5.41) is 10.6. The van der Waals surface area contributed by atoms with Crippen molar-refractivity contribution in [2.75, 3.05) is 0 Å². The van der Waals surface area contributed by atoms with Crippen molar-refractivity contribution in [3.63, 3.8) is 0 Å². The summed E-state index contributed by atoms with van der Waals surface area (Å²) in [6, 6.07) is 3.49. The number of fused-ring (bicyclic) bond motifs is 1. The van der Waals surface area contributed by atoms with Gasteiger partial charge in [0.1, 0.15) is 33.8 Å². The van der Waals surface area contributed by atoms with E-state index < -0.39 is 16.5 Å². The summed E-state index contributed by atoms with van der Waals surface area (Å²) >= 11 is 5.79. The number of esters is 1. The van der Waals surface area contributed by atoms with Crippen LogP contribution in [0.1, 0.15) is 16.1 Å². The smallest absolute Gasteiger partial charge is 0.348 e. The number of hydrogen-bond acceptors (Lipinski definition) is 7. The fraction of sp³-hybridized carbons (Fsp3) is 0.133. The number of carbonyl (C=O) groups excluding carboxylic acids is 1. The topological polar surface area (TPSA) is 117 Å². The van der Waals surface area contributed by atoms with E-state index in [0.29, 0.717) is 0 Å². The Morgan fingerprint density at radius 2 is 2.16 bits per heavy atom. The Morgan fingerprint density at radius 3 is 2.80 bits per heavy atom. The Labute approximate surface area is 144 Å². The fourth-order valence-corrected chi connectivity index (χ4v) is 2.53. The Hall–Kier alpha value is -3.20. The first-order valence-electron chi connectivity index (χ1n) is 6.90. The highest BCUT2D eigenvalue weighted by molar-refractivity contribution is 6.32. The van der Waals surface area contributed by atoms with Crippen LogP contribution in [0, 0.1) is 17.0 Å². The van der Waals surface area contributed by atoms with Gasteiger partial charge >= 0.3 is 5.97 Å². The highest BCUT2D eigenvalue weighted by Crippen LogP contribution is 2.29. The van der Waals surface area contributed by atoms with E-state index in [1.165, 1.54) is 30.9 Å². The van der Waals surface area contributed by atoms with Crippen LogP contribution in [-0.2, 0) is 7.05 Å². The molecule has 0 saturated heterocycles. The van der Waals surface area contributed by atoms with E-state index in [1.807, 2.05) is 0 Å². The molecule has 0 amide bonds. The minimum Gasteiger partial charge on any atom is -0.442 e. The van der Waals surface area contributed by atoms with Gasteiger partial charge in [0, 0.05) is 19.2 Å². The first-order valence-corrected chi connectivity index (χ1v) is 7.28. The van der Waals surface area contributed by atoms with Gasteiger partial charge in [-0.3, -0.25) is 14.9 Å². The Kier molecular flexibility index (Phi) is 4.01. The third-order valence-electron chi connectivity index (χ3n) is 3.48. The minimum atomic E-state index is -0.855. The zero-order valence-corrected chi connectivity index (χ0v) is 13.7.